The highest BCUT2D eigenvalue weighted by Gasteiger charge is 2.04. The largest absolute Gasteiger partial charge is 0.345 e. The molecular formula is C10H10ClNO2. The summed E-state index contributed by atoms with van der Waals surface area (Å²) in [5, 5.41) is 3.06. The van der Waals surface area contributed by atoms with Gasteiger partial charge in [-0.15, -0.1) is 0 Å². The summed E-state index contributed by atoms with van der Waals surface area (Å²) in [6, 6.07) is 6.48. The predicted molar refractivity (Wildman–Crippen MR) is 54.5 cm³/mol. The molecule has 1 amide bonds. The van der Waals surface area contributed by atoms with Crippen molar-refractivity contribution in [2.75, 3.05) is 6.54 Å². The van der Waals surface area contributed by atoms with Gasteiger partial charge in [0.2, 0.25) is 0 Å². The summed E-state index contributed by atoms with van der Waals surface area (Å²) in [5.41, 5.74) is 0.496. The molecule has 1 aromatic carbocycles. The molecule has 0 unspecified atom stereocenters. The number of ketones is 1. The van der Waals surface area contributed by atoms with Crippen molar-refractivity contribution in [1.29, 1.82) is 0 Å². The second kappa shape index (κ2) is 4.77. The van der Waals surface area contributed by atoms with Gasteiger partial charge in [0.15, 0.2) is 0 Å². The lowest BCUT2D eigenvalue weighted by atomic mass is 10.2. The lowest BCUT2D eigenvalue weighted by molar-refractivity contribution is -0.116. The van der Waals surface area contributed by atoms with Crippen LogP contribution in [0.1, 0.15) is 17.3 Å². The smallest absolute Gasteiger partial charge is 0.251 e. The number of Topliss-reactive ketones (excluding diaryl/α,β-unsaturated/α-hetero) is 1. The average molecular weight is 212 g/mol. The molecule has 0 spiro atoms. The Labute approximate surface area is 87.1 Å². The molecule has 0 heterocycles. The molecule has 3 nitrogen and oxygen atoms in total. The first-order chi connectivity index (χ1) is 6.59. The number of carbonyl (C=O) groups excluding carboxylic acids is 2. The standard InChI is InChI=1S/C10H10ClNO2/c1-7(13)6-12-10(14)8-2-4-9(11)5-3-8/h2-5H,6H2,1H3,(H,12,14). The van der Waals surface area contributed by atoms with Gasteiger partial charge in [-0.3, -0.25) is 9.59 Å². The van der Waals surface area contributed by atoms with Crippen LogP contribution in [0.3, 0.4) is 0 Å². The van der Waals surface area contributed by atoms with Crippen LogP contribution in [0.2, 0.25) is 5.02 Å². The topological polar surface area (TPSA) is 46.2 Å². The Kier molecular flexibility index (Phi) is 3.65. The van der Waals surface area contributed by atoms with Crippen LogP contribution >= 0.6 is 11.6 Å². The van der Waals surface area contributed by atoms with E-state index in [4.69, 9.17) is 11.6 Å². The number of benzene rings is 1. The van der Waals surface area contributed by atoms with Crippen molar-refractivity contribution in [3.8, 4) is 0 Å². The van der Waals surface area contributed by atoms with Gasteiger partial charge in [-0.1, -0.05) is 11.6 Å². The summed E-state index contributed by atoms with van der Waals surface area (Å²) < 4.78 is 0. The van der Waals surface area contributed by atoms with Crippen LogP contribution in [-0.2, 0) is 4.79 Å². The maximum Gasteiger partial charge on any atom is 0.251 e. The molecule has 14 heavy (non-hydrogen) atoms. The highest BCUT2D eigenvalue weighted by Crippen LogP contribution is 2.08. The van der Waals surface area contributed by atoms with Crippen molar-refractivity contribution in [2.24, 2.45) is 0 Å². The molecule has 1 aromatic rings. The summed E-state index contributed by atoms with van der Waals surface area (Å²) in [7, 11) is 0. The van der Waals surface area contributed by atoms with Gasteiger partial charge in [0.1, 0.15) is 5.78 Å². The number of nitrogens with one attached hydrogen (secondary N) is 1. The Hall–Kier alpha value is -1.35. The zero-order valence-electron chi connectivity index (χ0n) is 7.71. The zero-order valence-corrected chi connectivity index (χ0v) is 8.47. The molecule has 0 aliphatic rings. The molecule has 0 atom stereocenters. The van der Waals surface area contributed by atoms with Crippen molar-refractivity contribution in [2.45, 2.75) is 6.92 Å². The minimum Gasteiger partial charge on any atom is -0.345 e. The molecule has 0 aliphatic carbocycles. The highest BCUT2D eigenvalue weighted by molar-refractivity contribution is 6.30. The number of hydrogen-bond donors (Lipinski definition) is 1. The van der Waals surface area contributed by atoms with Crippen LogP contribution in [0, 0.1) is 0 Å². The Balaban J connectivity index is 2.61. The summed E-state index contributed by atoms with van der Waals surface area (Å²) in [5.74, 6) is -0.343. The van der Waals surface area contributed by atoms with Gasteiger partial charge >= 0.3 is 0 Å². The Morgan fingerprint density at radius 2 is 1.86 bits per heavy atom. The van der Waals surface area contributed by atoms with Gasteiger partial charge < -0.3 is 5.32 Å². The quantitative estimate of drug-likeness (QED) is 0.827. The monoisotopic (exact) mass is 211 g/mol. The maximum atomic E-state index is 11.4. The van der Waals surface area contributed by atoms with Gasteiger partial charge in [-0.05, 0) is 31.2 Å². The third-order valence-corrected chi connectivity index (χ3v) is 1.86. The number of amides is 1. The summed E-state index contributed by atoms with van der Waals surface area (Å²) in [6.45, 7) is 1.48. The molecule has 0 aromatic heterocycles. The number of halogens is 1. The van der Waals surface area contributed by atoms with Gasteiger partial charge in [0, 0.05) is 10.6 Å². The molecule has 0 fully saturated rings. The van der Waals surface area contributed by atoms with Gasteiger partial charge in [0.05, 0.1) is 6.54 Å². The number of carbonyl (C=O) groups is 2. The van der Waals surface area contributed by atoms with Crippen LogP contribution in [0.5, 0.6) is 0 Å². The molecule has 74 valence electrons. The minimum atomic E-state index is -0.267. The van der Waals surface area contributed by atoms with Crippen LogP contribution in [-0.4, -0.2) is 18.2 Å². The van der Waals surface area contributed by atoms with Crippen LogP contribution < -0.4 is 5.32 Å². The lowest BCUT2D eigenvalue weighted by Gasteiger charge is -2.02. The van der Waals surface area contributed by atoms with E-state index in [0.29, 0.717) is 10.6 Å². The second-order valence-corrected chi connectivity index (χ2v) is 3.33. The Morgan fingerprint density at radius 3 is 2.36 bits per heavy atom. The van der Waals surface area contributed by atoms with Crippen molar-refractivity contribution in [3.63, 3.8) is 0 Å². The minimum absolute atomic E-state index is 0.0570. The fourth-order valence-electron chi connectivity index (χ4n) is 0.908. The molecule has 1 rings (SSSR count). The third-order valence-electron chi connectivity index (χ3n) is 1.60. The van der Waals surface area contributed by atoms with Gasteiger partial charge in [-0.2, -0.15) is 0 Å². The summed E-state index contributed by atoms with van der Waals surface area (Å²) >= 11 is 5.66. The van der Waals surface area contributed by atoms with Gasteiger partial charge in [0.25, 0.3) is 5.91 Å². The van der Waals surface area contributed by atoms with Crippen LogP contribution in [0.4, 0.5) is 0 Å². The van der Waals surface area contributed by atoms with Crippen molar-refractivity contribution in [1.82, 2.24) is 5.32 Å². The normalized spacial score (nSPS) is 9.57. The summed E-state index contributed by atoms with van der Waals surface area (Å²) in [6.07, 6.45) is 0. The number of rotatable bonds is 3. The van der Waals surface area contributed by atoms with E-state index in [2.05, 4.69) is 5.32 Å². The zero-order chi connectivity index (χ0) is 10.6. The Morgan fingerprint density at radius 1 is 1.29 bits per heavy atom. The molecule has 4 heteroatoms. The van der Waals surface area contributed by atoms with Crippen molar-refractivity contribution in [3.05, 3.63) is 34.9 Å². The molecule has 0 saturated carbocycles. The van der Waals surface area contributed by atoms with E-state index in [1.165, 1.54) is 6.92 Å². The van der Waals surface area contributed by atoms with E-state index in [9.17, 15) is 9.59 Å². The van der Waals surface area contributed by atoms with E-state index < -0.39 is 0 Å². The lowest BCUT2D eigenvalue weighted by Crippen LogP contribution is -2.28. The first kappa shape index (κ1) is 10.7. The van der Waals surface area contributed by atoms with Crippen LogP contribution in [0.15, 0.2) is 24.3 Å². The SMILES string of the molecule is CC(=O)CNC(=O)c1ccc(Cl)cc1. The van der Waals surface area contributed by atoms with Crippen molar-refractivity contribution >= 4 is 23.3 Å². The van der Waals surface area contributed by atoms with Crippen LogP contribution in [0.25, 0.3) is 0 Å². The van der Waals surface area contributed by atoms with E-state index in [1.807, 2.05) is 0 Å². The molecule has 0 aliphatic heterocycles. The maximum absolute atomic E-state index is 11.4. The highest BCUT2D eigenvalue weighted by atomic mass is 35.5. The fourth-order valence-corrected chi connectivity index (χ4v) is 1.03. The molecule has 0 radical (unpaired) electrons. The first-order valence-electron chi connectivity index (χ1n) is 4.13. The Bertz CT molecular complexity index is 346. The fraction of sp³-hybridized carbons (Fsp3) is 0.200. The first-order valence-corrected chi connectivity index (χ1v) is 4.50. The molecule has 0 saturated heterocycles. The second-order valence-electron chi connectivity index (χ2n) is 2.89. The summed E-state index contributed by atoms with van der Waals surface area (Å²) in [4.78, 5) is 22.0. The molecular weight excluding hydrogens is 202 g/mol. The third kappa shape index (κ3) is 3.18. The van der Waals surface area contributed by atoms with E-state index in [1.54, 1.807) is 24.3 Å². The number of hydrogen-bond acceptors (Lipinski definition) is 2. The molecule has 0 bridgehead atoms. The molecule has 1 N–H and O–H groups in total. The van der Waals surface area contributed by atoms with Crippen molar-refractivity contribution < 1.29 is 9.59 Å². The average Bonchev–Trinajstić information content (AvgIpc) is 2.15. The van der Waals surface area contributed by atoms with Gasteiger partial charge in [-0.25, -0.2) is 0 Å². The van der Waals surface area contributed by atoms with E-state index >= 15 is 0 Å². The van der Waals surface area contributed by atoms with E-state index in [0.717, 1.165) is 0 Å². The van der Waals surface area contributed by atoms with E-state index in [-0.39, 0.29) is 18.2 Å². The predicted octanol–water partition coefficient (Wildman–Crippen LogP) is 1.66.